The fourth-order valence-electron chi connectivity index (χ4n) is 1.48. The molecule has 0 saturated carbocycles. The third-order valence-electron chi connectivity index (χ3n) is 2.78. The first-order chi connectivity index (χ1) is 7.30. The molecule has 0 aromatic carbocycles. The fraction of sp³-hybridized carbons (Fsp3) is 0.900. The first-order valence-electron chi connectivity index (χ1n) is 5.33. The topological polar surface area (TPSA) is 29.5 Å². The Morgan fingerprint density at radius 3 is 2.31 bits per heavy atom. The summed E-state index contributed by atoms with van der Waals surface area (Å²) in [7, 11) is 0. The van der Waals surface area contributed by atoms with E-state index in [9.17, 15) is 18.0 Å². The zero-order valence-electron chi connectivity index (χ0n) is 9.38. The summed E-state index contributed by atoms with van der Waals surface area (Å²) in [6.07, 6.45) is -5.76. The summed E-state index contributed by atoms with van der Waals surface area (Å²) in [4.78, 5) is 12.7. The van der Waals surface area contributed by atoms with Crippen LogP contribution >= 0.6 is 0 Å². The predicted molar refractivity (Wildman–Crippen MR) is 52.0 cm³/mol. The minimum Gasteiger partial charge on any atom is -0.437 e. The van der Waals surface area contributed by atoms with Gasteiger partial charge >= 0.3 is 12.3 Å². The number of carbonyl (C=O) groups is 1. The average Bonchev–Trinajstić information content (AvgIpc) is 2.17. The van der Waals surface area contributed by atoms with Gasteiger partial charge in [-0.2, -0.15) is 13.2 Å². The van der Waals surface area contributed by atoms with Crippen LogP contribution in [0.3, 0.4) is 0 Å². The fourth-order valence-corrected chi connectivity index (χ4v) is 1.48. The smallest absolute Gasteiger partial charge is 0.425 e. The highest BCUT2D eigenvalue weighted by atomic mass is 19.4. The number of halogens is 3. The van der Waals surface area contributed by atoms with Crippen molar-refractivity contribution in [3.63, 3.8) is 0 Å². The van der Waals surface area contributed by atoms with Crippen molar-refractivity contribution >= 4 is 6.09 Å². The van der Waals surface area contributed by atoms with E-state index in [-0.39, 0.29) is 0 Å². The number of alkyl halides is 3. The van der Waals surface area contributed by atoms with E-state index in [1.54, 1.807) is 0 Å². The SMILES string of the molecule is CC1CCN(C(=O)OC(C)C(F)(F)F)CC1. The molecule has 6 heteroatoms. The van der Waals surface area contributed by atoms with Crippen molar-refractivity contribution in [2.45, 2.75) is 39.0 Å². The van der Waals surface area contributed by atoms with Crippen molar-refractivity contribution < 1.29 is 22.7 Å². The Kier molecular flexibility index (Phi) is 4.04. The number of amides is 1. The van der Waals surface area contributed by atoms with Crippen molar-refractivity contribution in [2.24, 2.45) is 5.92 Å². The number of likely N-dealkylation sites (tertiary alicyclic amines) is 1. The van der Waals surface area contributed by atoms with Crippen molar-refractivity contribution in [2.75, 3.05) is 13.1 Å². The van der Waals surface area contributed by atoms with Crippen molar-refractivity contribution in [3.05, 3.63) is 0 Å². The van der Waals surface area contributed by atoms with Gasteiger partial charge in [0.2, 0.25) is 0 Å². The van der Waals surface area contributed by atoms with E-state index < -0.39 is 18.4 Å². The Hall–Kier alpha value is -0.940. The number of ether oxygens (including phenoxy) is 1. The lowest BCUT2D eigenvalue weighted by molar-refractivity contribution is -0.199. The van der Waals surface area contributed by atoms with Crippen LogP contribution in [0.2, 0.25) is 0 Å². The van der Waals surface area contributed by atoms with Crippen LogP contribution in [-0.2, 0) is 4.74 Å². The molecule has 1 amide bonds. The Bertz CT molecular complexity index is 247. The molecule has 0 aromatic heterocycles. The van der Waals surface area contributed by atoms with Crippen LogP contribution in [0, 0.1) is 5.92 Å². The van der Waals surface area contributed by atoms with Crippen LogP contribution < -0.4 is 0 Å². The second-order valence-electron chi connectivity index (χ2n) is 4.24. The maximum absolute atomic E-state index is 12.1. The zero-order valence-corrected chi connectivity index (χ0v) is 9.38. The molecule has 1 heterocycles. The van der Waals surface area contributed by atoms with Gasteiger partial charge < -0.3 is 9.64 Å². The van der Waals surface area contributed by atoms with Gasteiger partial charge in [0.15, 0.2) is 6.10 Å². The van der Waals surface area contributed by atoms with E-state index in [2.05, 4.69) is 11.7 Å². The van der Waals surface area contributed by atoms with E-state index in [0.717, 1.165) is 19.8 Å². The van der Waals surface area contributed by atoms with Crippen molar-refractivity contribution in [1.29, 1.82) is 0 Å². The molecule has 1 aliphatic heterocycles. The number of carbonyl (C=O) groups excluding carboxylic acids is 1. The number of nitrogens with zero attached hydrogens (tertiary/aromatic N) is 1. The highest BCUT2D eigenvalue weighted by Gasteiger charge is 2.40. The molecule has 1 rings (SSSR count). The van der Waals surface area contributed by atoms with E-state index in [1.165, 1.54) is 4.90 Å². The van der Waals surface area contributed by atoms with Gasteiger partial charge in [-0.05, 0) is 25.7 Å². The van der Waals surface area contributed by atoms with Gasteiger partial charge in [-0.3, -0.25) is 0 Å². The van der Waals surface area contributed by atoms with Gasteiger partial charge in [0.05, 0.1) is 0 Å². The molecule has 3 nitrogen and oxygen atoms in total. The van der Waals surface area contributed by atoms with Gasteiger partial charge in [-0.25, -0.2) is 4.79 Å². The second-order valence-corrected chi connectivity index (χ2v) is 4.24. The van der Waals surface area contributed by atoms with Gasteiger partial charge in [-0.1, -0.05) is 6.92 Å². The summed E-state index contributed by atoms with van der Waals surface area (Å²) < 4.78 is 40.8. The third kappa shape index (κ3) is 3.57. The van der Waals surface area contributed by atoms with Crippen LogP contribution in [-0.4, -0.2) is 36.4 Å². The lowest BCUT2D eigenvalue weighted by Gasteiger charge is -2.30. The minimum atomic E-state index is -4.49. The summed E-state index contributed by atoms with van der Waals surface area (Å²) in [6, 6.07) is 0. The lowest BCUT2D eigenvalue weighted by Crippen LogP contribution is -2.42. The Balaban J connectivity index is 2.41. The normalized spacial score (nSPS) is 20.7. The van der Waals surface area contributed by atoms with Crippen LogP contribution in [0.4, 0.5) is 18.0 Å². The van der Waals surface area contributed by atoms with Gasteiger partial charge in [0.25, 0.3) is 0 Å². The van der Waals surface area contributed by atoms with Crippen LogP contribution in [0.15, 0.2) is 0 Å². The van der Waals surface area contributed by atoms with Crippen LogP contribution in [0.25, 0.3) is 0 Å². The Morgan fingerprint density at radius 2 is 1.88 bits per heavy atom. The second kappa shape index (κ2) is 4.93. The molecule has 0 spiro atoms. The molecule has 0 aliphatic carbocycles. The van der Waals surface area contributed by atoms with Crippen LogP contribution in [0.1, 0.15) is 26.7 Å². The molecule has 16 heavy (non-hydrogen) atoms. The van der Waals surface area contributed by atoms with Gasteiger partial charge in [0.1, 0.15) is 0 Å². The summed E-state index contributed by atoms with van der Waals surface area (Å²) in [5.74, 6) is 0.518. The van der Waals surface area contributed by atoms with E-state index in [1.807, 2.05) is 0 Å². The summed E-state index contributed by atoms with van der Waals surface area (Å²) in [6.45, 7) is 3.85. The van der Waals surface area contributed by atoms with Crippen molar-refractivity contribution in [3.8, 4) is 0 Å². The van der Waals surface area contributed by atoms with Crippen LogP contribution in [0.5, 0.6) is 0 Å². The van der Waals surface area contributed by atoms with Gasteiger partial charge in [0, 0.05) is 13.1 Å². The quantitative estimate of drug-likeness (QED) is 0.704. The molecule has 1 unspecified atom stereocenters. The standard InChI is InChI=1S/C10H16F3NO2/c1-7-3-5-14(6-4-7)9(15)16-8(2)10(11,12)13/h7-8H,3-6H2,1-2H3. The predicted octanol–water partition coefficient (Wildman–Crippen LogP) is 2.81. The molecular weight excluding hydrogens is 223 g/mol. The monoisotopic (exact) mass is 239 g/mol. The first-order valence-corrected chi connectivity index (χ1v) is 5.33. The third-order valence-corrected chi connectivity index (χ3v) is 2.78. The molecule has 94 valence electrons. The maximum Gasteiger partial charge on any atom is 0.425 e. The van der Waals surface area contributed by atoms with E-state index in [0.29, 0.717) is 19.0 Å². The minimum absolute atomic E-state index is 0.477. The molecular formula is C10H16F3NO2. The first kappa shape index (κ1) is 13.1. The zero-order chi connectivity index (χ0) is 12.3. The molecule has 1 aliphatic rings. The highest BCUT2D eigenvalue weighted by molar-refractivity contribution is 5.67. The summed E-state index contributed by atoms with van der Waals surface area (Å²) in [5.41, 5.74) is 0. The summed E-state index contributed by atoms with van der Waals surface area (Å²) >= 11 is 0. The molecule has 1 fully saturated rings. The molecule has 0 aromatic rings. The van der Waals surface area contributed by atoms with Crippen molar-refractivity contribution in [1.82, 2.24) is 4.90 Å². The van der Waals surface area contributed by atoms with E-state index >= 15 is 0 Å². The number of rotatable bonds is 1. The molecule has 0 bridgehead atoms. The highest BCUT2D eigenvalue weighted by Crippen LogP contribution is 2.24. The average molecular weight is 239 g/mol. The number of piperidine rings is 1. The van der Waals surface area contributed by atoms with Gasteiger partial charge in [-0.15, -0.1) is 0 Å². The summed E-state index contributed by atoms with van der Waals surface area (Å²) in [5, 5.41) is 0. The Labute approximate surface area is 92.5 Å². The largest absolute Gasteiger partial charge is 0.437 e. The maximum atomic E-state index is 12.1. The Morgan fingerprint density at radius 1 is 1.38 bits per heavy atom. The lowest BCUT2D eigenvalue weighted by atomic mass is 10.00. The number of hydrogen-bond acceptors (Lipinski definition) is 2. The molecule has 1 atom stereocenters. The molecule has 0 radical (unpaired) electrons. The van der Waals surface area contributed by atoms with E-state index in [4.69, 9.17) is 0 Å². The number of hydrogen-bond donors (Lipinski definition) is 0. The molecule has 0 N–H and O–H groups in total. The molecule has 1 saturated heterocycles.